The average Bonchev–Trinajstić information content (AvgIpc) is 2.51. The Morgan fingerprint density at radius 3 is 2.64 bits per heavy atom. The molecule has 4 atom stereocenters. The third-order valence-corrected chi connectivity index (χ3v) is 6.46. The lowest BCUT2D eigenvalue weighted by Crippen LogP contribution is -2.63. The minimum Gasteiger partial charge on any atom is -0.318 e. The third kappa shape index (κ3) is 2.77. The van der Waals surface area contributed by atoms with Gasteiger partial charge >= 0.3 is 6.03 Å². The molecule has 6 heteroatoms. The summed E-state index contributed by atoms with van der Waals surface area (Å²) in [5.41, 5.74) is 1.05. The molecule has 0 spiro atoms. The third-order valence-electron chi connectivity index (χ3n) is 6.06. The van der Waals surface area contributed by atoms with E-state index in [2.05, 4.69) is 18.3 Å². The van der Waals surface area contributed by atoms with Crippen molar-refractivity contribution in [2.45, 2.75) is 57.0 Å². The minimum absolute atomic E-state index is 0.0481. The Labute approximate surface area is 151 Å². The largest absolute Gasteiger partial charge is 0.322 e. The molecule has 1 N–H and O–H groups in total. The molecule has 132 valence electrons. The van der Waals surface area contributed by atoms with E-state index in [0.29, 0.717) is 29.3 Å². The van der Waals surface area contributed by atoms with Crippen LogP contribution in [0.2, 0.25) is 5.02 Å². The molecular weight excluding hydrogens is 341 g/mol. The lowest BCUT2D eigenvalue weighted by molar-refractivity contribution is -0.00601. The molecule has 2 unspecified atom stereocenters. The summed E-state index contributed by atoms with van der Waals surface area (Å²) in [6, 6.07) is 5.70. The number of anilines is 1. The molecule has 0 radical (unpaired) electrons. The number of carbonyl (C=O) groups excluding carboxylic acids is 1. The van der Waals surface area contributed by atoms with Gasteiger partial charge in [0.15, 0.2) is 0 Å². The highest BCUT2D eigenvalue weighted by molar-refractivity contribution is 6.31. The molecule has 1 aromatic carbocycles. The molecule has 2 saturated carbocycles. The van der Waals surface area contributed by atoms with Crippen LogP contribution in [0.25, 0.3) is 0 Å². The van der Waals surface area contributed by atoms with Crippen molar-refractivity contribution in [1.29, 1.82) is 5.26 Å². The summed E-state index contributed by atoms with van der Waals surface area (Å²) < 4.78 is 14.2. The predicted molar refractivity (Wildman–Crippen MR) is 93.9 cm³/mol. The number of hydrogen-bond acceptors (Lipinski definition) is 2. The van der Waals surface area contributed by atoms with Crippen molar-refractivity contribution in [2.24, 2.45) is 11.8 Å². The normalized spacial score (nSPS) is 33.0. The zero-order valence-electron chi connectivity index (χ0n) is 14.1. The van der Waals surface area contributed by atoms with Crippen LogP contribution in [-0.4, -0.2) is 23.0 Å². The number of amides is 2. The lowest BCUT2D eigenvalue weighted by Gasteiger charge is -2.54. The van der Waals surface area contributed by atoms with Crippen LogP contribution < -0.4 is 5.32 Å². The van der Waals surface area contributed by atoms with E-state index in [0.717, 1.165) is 32.1 Å². The van der Waals surface area contributed by atoms with Crippen LogP contribution in [0.5, 0.6) is 0 Å². The first-order chi connectivity index (χ1) is 12.0. The number of carbonyl (C=O) groups is 1. The summed E-state index contributed by atoms with van der Waals surface area (Å²) in [7, 11) is 0. The molecule has 25 heavy (non-hydrogen) atoms. The fourth-order valence-corrected chi connectivity index (χ4v) is 4.89. The number of nitrogens with one attached hydrogen (secondary N) is 1. The van der Waals surface area contributed by atoms with Crippen LogP contribution in [0.3, 0.4) is 0 Å². The van der Waals surface area contributed by atoms with Gasteiger partial charge in [0.1, 0.15) is 5.82 Å². The smallest absolute Gasteiger partial charge is 0.318 e. The van der Waals surface area contributed by atoms with Crippen LogP contribution in [0.1, 0.15) is 50.5 Å². The van der Waals surface area contributed by atoms with Crippen LogP contribution in [-0.2, 0) is 0 Å². The van der Waals surface area contributed by atoms with Gasteiger partial charge in [-0.1, -0.05) is 18.5 Å². The maximum atomic E-state index is 14.2. The Bertz CT molecular complexity index is 750. The molecule has 2 heterocycles. The number of nitriles is 1. The molecule has 2 amide bonds. The maximum absolute atomic E-state index is 14.2. The first-order valence-electron chi connectivity index (χ1n) is 8.95. The van der Waals surface area contributed by atoms with Crippen LogP contribution in [0.4, 0.5) is 14.9 Å². The summed E-state index contributed by atoms with van der Waals surface area (Å²) in [5.74, 6) is -0.0587. The summed E-state index contributed by atoms with van der Waals surface area (Å²) in [4.78, 5) is 14.5. The number of rotatable bonds is 2. The number of urea groups is 1. The van der Waals surface area contributed by atoms with Crippen LogP contribution >= 0.6 is 11.6 Å². The SMILES string of the molecule is CC1CC2CC(C1)N2C(=O)Nc1cc(F)c(Cl)c([C@H]2CC[C@H]2C#N)c1. The van der Waals surface area contributed by atoms with Crippen LogP contribution in [0.15, 0.2) is 12.1 Å². The van der Waals surface area contributed by atoms with E-state index in [1.807, 2.05) is 4.90 Å². The van der Waals surface area contributed by atoms with Crippen LogP contribution in [0, 0.1) is 29.0 Å². The molecule has 4 nitrogen and oxygen atoms in total. The molecule has 1 aromatic rings. The fourth-order valence-electron chi connectivity index (χ4n) is 4.64. The molecule has 4 fully saturated rings. The van der Waals surface area contributed by atoms with Gasteiger partial charge in [0.2, 0.25) is 0 Å². The Morgan fingerprint density at radius 2 is 2.04 bits per heavy atom. The molecule has 2 aliphatic heterocycles. The summed E-state index contributed by atoms with van der Waals surface area (Å²) >= 11 is 6.12. The topological polar surface area (TPSA) is 56.1 Å². The fraction of sp³-hybridized carbons (Fsp3) is 0.579. The van der Waals surface area contributed by atoms with Crippen molar-refractivity contribution in [1.82, 2.24) is 4.90 Å². The molecule has 2 aliphatic carbocycles. The van der Waals surface area contributed by atoms with Gasteiger partial charge in [0, 0.05) is 23.7 Å². The molecule has 2 saturated heterocycles. The predicted octanol–water partition coefficient (Wildman–Crippen LogP) is 4.90. The number of halogens is 2. The van der Waals surface area contributed by atoms with Crippen molar-refractivity contribution in [3.05, 3.63) is 28.5 Å². The standard InChI is InChI=1S/C19H21ClFN3O/c1-10-4-13-8-14(5-10)24(13)19(25)23-12-6-16(18(20)17(21)7-12)15-3-2-11(15)9-22/h6-7,10-11,13-15H,2-5,8H2,1H3,(H,23,25)/t10?,11-,13?,14?,15-/m0/s1. The van der Waals surface area contributed by atoms with E-state index in [4.69, 9.17) is 16.9 Å². The monoisotopic (exact) mass is 361 g/mol. The van der Waals surface area contributed by atoms with Gasteiger partial charge in [-0.05, 0) is 55.7 Å². The molecular formula is C19H21ClFN3O. The number of hydrogen-bond donors (Lipinski definition) is 1. The van der Waals surface area contributed by atoms with E-state index < -0.39 is 5.82 Å². The Hall–Kier alpha value is -1.80. The van der Waals surface area contributed by atoms with Gasteiger partial charge in [-0.3, -0.25) is 0 Å². The van der Waals surface area contributed by atoms with Gasteiger partial charge < -0.3 is 10.2 Å². The van der Waals surface area contributed by atoms with E-state index in [-0.39, 0.29) is 22.9 Å². The Morgan fingerprint density at radius 1 is 1.32 bits per heavy atom. The Kier molecular flexibility index (Phi) is 4.11. The van der Waals surface area contributed by atoms with Crippen molar-refractivity contribution in [3.8, 4) is 6.07 Å². The highest BCUT2D eigenvalue weighted by Crippen LogP contribution is 2.46. The average molecular weight is 362 g/mol. The summed E-state index contributed by atoms with van der Waals surface area (Å²) in [5, 5.41) is 12.1. The van der Waals surface area contributed by atoms with E-state index in [9.17, 15) is 9.18 Å². The number of fused-ring (bicyclic) bond motifs is 2. The van der Waals surface area contributed by atoms with E-state index in [1.54, 1.807) is 6.07 Å². The highest BCUT2D eigenvalue weighted by atomic mass is 35.5. The summed E-state index contributed by atoms with van der Waals surface area (Å²) in [6.45, 7) is 2.22. The minimum atomic E-state index is -0.546. The number of benzene rings is 1. The van der Waals surface area contributed by atoms with Gasteiger partial charge in [-0.15, -0.1) is 0 Å². The zero-order chi connectivity index (χ0) is 17.7. The molecule has 5 rings (SSSR count). The number of nitrogens with zero attached hydrogens (tertiary/aromatic N) is 2. The lowest BCUT2D eigenvalue weighted by atomic mass is 9.71. The van der Waals surface area contributed by atoms with Crippen molar-refractivity contribution in [2.75, 3.05) is 5.32 Å². The van der Waals surface area contributed by atoms with Gasteiger partial charge in [-0.2, -0.15) is 5.26 Å². The van der Waals surface area contributed by atoms with Gasteiger partial charge in [0.25, 0.3) is 0 Å². The molecule has 4 aliphatic rings. The second-order valence-electron chi connectivity index (χ2n) is 7.74. The quantitative estimate of drug-likeness (QED) is 0.814. The first-order valence-corrected chi connectivity index (χ1v) is 9.33. The molecule has 2 bridgehead atoms. The maximum Gasteiger partial charge on any atom is 0.322 e. The second-order valence-corrected chi connectivity index (χ2v) is 8.12. The van der Waals surface area contributed by atoms with E-state index in [1.165, 1.54) is 6.07 Å². The molecule has 0 aromatic heterocycles. The zero-order valence-corrected chi connectivity index (χ0v) is 14.9. The van der Waals surface area contributed by atoms with Crippen molar-refractivity contribution < 1.29 is 9.18 Å². The first kappa shape index (κ1) is 16.7. The van der Waals surface area contributed by atoms with Gasteiger partial charge in [-0.25, -0.2) is 9.18 Å². The second kappa shape index (κ2) is 6.17. The van der Waals surface area contributed by atoms with E-state index >= 15 is 0 Å². The van der Waals surface area contributed by atoms with Crippen molar-refractivity contribution in [3.63, 3.8) is 0 Å². The number of piperidine rings is 1. The Balaban J connectivity index is 1.52. The van der Waals surface area contributed by atoms with Gasteiger partial charge in [0.05, 0.1) is 17.0 Å². The highest BCUT2D eigenvalue weighted by Gasteiger charge is 2.46. The summed E-state index contributed by atoms with van der Waals surface area (Å²) in [6.07, 6.45) is 4.78. The van der Waals surface area contributed by atoms with Crippen molar-refractivity contribution >= 4 is 23.3 Å².